The van der Waals surface area contributed by atoms with Gasteiger partial charge in [-0.25, -0.2) is 4.98 Å². The van der Waals surface area contributed by atoms with E-state index in [2.05, 4.69) is 55.4 Å². The molecule has 1 amide bonds. The van der Waals surface area contributed by atoms with Crippen LogP contribution >= 0.6 is 27.5 Å². The molecule has 3 aliphatic rings. The molecule has 254 valence electrons. The van der Waals surface area contributed by atoms with Crippen molar-refractivity contribution in [1.29, 1.82) is 0 Å². The summed E-state index contributed by atoms with van der Waals surface area (Å²) in [6.07, 6.45) is 1.47. The normalized spacial score (nSPS) is 17.4. The Morgan fingerprint density at radius 1 is 0.939 bits per heavy atom. The molecule has 0 bridgehead atoms. The Hall–Kier alpha value is -4.19. The minimum Gasteiger partial charge on any atom is -0.481 e. The van der Waals surface area contributed by atoms with Gasteiger partial charge in [0.15, 0.2) is 0 Å². The molecular weight excluding hydrogens is 708 g/mol. The first-order valence-corrected chi connectivity index (χ1v) is 17.6. The van der Waals surface area contributed by atoms with Crippen molar-refractivity contribution in [2.45, 2.75) is 32.4 Å². The number of nitrogens with zero attached hydrogens (tertiary/aromatic N) is 5. The van der Waals surface area contributed by atoms with Crippen LogP contribution in [-0.4, -0.2) is 85.0 Å². The van der Waals surface area contributed by atoms with Crippen molar-refractivity contribution in [2.24, 2.45) is 4.99 Å². The molecule has 0 unspecified atom stereocenters. The van der Waals surface area contributed by atoms with Crippen molar-refractivity contribution in [3.05, 3.63) is 86.3 Å². The number of benzene rings is 2. The third kappa shape index (κ3) is 6.71. The molecule has 1 atom stereocenters. The summed E-state index contributed by atoms with van der Waals surface area (Å²) in [5, 5.41) is 3.92. The molecule has 0 saturated carbocycles. The van der Waals surface area contributed by atoms with Gasteiger partial charge in [-0.05, 0) is 63.7 Å². The summed E-state index contributed by atoms with van der Waals surface area (Å²) in [4.78, 5) is 30.1. The Kier molecular flexibility index (Phi) is 9.75. The van der Waals surface area contributed by atoms with E-state index >= 15 is 0 Å². The number of carbonyl (C=O) groups excluding carboxylic acids is 1. The summed E-state index contributed by atoms with van der Waals surface area (Å²) in [5.74, 6) is 2.45. The molecule has 4 heterocycles. The number of ether oxygens (including phenoxy) is 3. The smallest absolute Gasteiger partial charge is 0.231 e. The highest BCUT2D eigenvalue weighted by atomic mass is 79.9. The van der Waals surface area contributed by atoms with E-state index < -0.39 is 0 Å². The van der Waals surface area contributed by atoms with E-state index in [4.69, 9.17) is 35.8 Å². The average Bonchev–Trinajstić information content (AvgIpc) is 3.80. The molecule has 49 heavy (non-hydrogen) atoms. The largest absolute Gasteiger partial charge is 0.481 e. The molecule has 2 aliphatic heterocycles. The van der Waals surface area contributed by atoms with E-state index in [1.165, 1.54) is 5.56 Å². The molecule has 2 aromatic carbocycles. The molecule has 1 aliphatic carbocycles. The lowest BCUT2D eigenvalue weighted by atomic mass is 9.94. The SMILES string of the molecule is COc1nc(O[C@H]2CCc3c(-c4cccc(-c5ccc(C6=NCCN6)c(OC)n5)c4Cl)cccc32)c(Br)cc1CN1CCN(C(C)=O)CC1. The molecule has 0 spiro atoms. The minimum atomic E-state index is -0.179. The van der Waals surface area contributed by atoms with E-state index in [0.29, 0.717) is 29.2 Å². The zero-order chi connectivity index (χ0) is 34.1. The minimum absolute atomic E-state index is 0.119. The highest BCUT2D eigenvalue weighted by Crippen LogP contribution is 2.44. The Morgan fingerprint density at radius 2 is 1.69 bits per heavy atom. The van der Waals surface area contributed by atoms with Crippen LogP contribution in [-0.2, 0) is 17.8 Å². The number of hydrogen-bond acceptors (Lipinski definition) is 9. The van der Waals surface area contributed by atoms with E-state index in [0.717, 1.165) is 101 Å². The third-order valence-electron chi connectivity index (χ3n) is 9.41. The summed E-state index contributed by atoms with van der Waals surface area (Å²) in [6.45, 7) is 6.88. The van der Waals surface area contributed by atoms with E-state index in [-0.39, 0.29) is 12.0 Å². The van der Waals surface area contributed by atoms with Crippen molar-refractivity contribution in [3.8, 4) is 40.0 Å². The standard InChI is InChI=1S/C37H38BrClN6O4/c1-22(46)45-18-16-44(17-19-45)21-23-20-30(38)37(43-35(23)47-2)49-32-13-11-25-24(6-4-7-26(25)32)27-8-5-9-28(33(27)39)31-12-10-29(36(42-31)48-3)34-40-14-15-41-34/h4-10,12,20,32H,11,13-19,21H2,1-3H3,(H,40,41)/t32-/m0/s1. The van der Waals surface area contributed by atoms with Crippen LogP contribution in [0.2, 0.25) is 5.02 Å². The van der Waals surface area contributed by atoms with Crippen LogP contribution in [0.1, 0.15) is 41.7 Å². The van der Waals surface area contributed by atoms with Crippen LogP contribution < -0.4 is 19.5 Å². The van der Waals surface area contributed by atoms with Gasteiger partial charge in [-0.2, -0.15) is 4.98 Å². The van der Waals surface area contributed by atoms with Gasteiger partial charge in [-0.15, -0.1) is 0 Å². The van der Waals surface area contributed by atoms with Crippen LogP contribution in [0.25, 0.3) is 22.4 Å². The van der Waals surface area contributed by atoms with E-state index in [1.807, 2.05) is 35.2 Å². The van der Waals surface area contributed by atoms with Gasteiger partial charge < -0.3 is 24.4 Å². The molecule has 1 N–H and O–H groups in total. The predicted molar refractivity (Wildman–Crippen MR) is 194 cm³/mol. The van der Waals surface area contributed by atoms with Crippen LogP contribution in [0, 0.1) is 0 Å². The summed E-state index contributed by atoms with van der Waals surface area (Å²) in [5.41, 5.74) is 7.70. The number of aromatic nitrogens is 2. The van der Waals surface area contributed by atoms with Gasteiger partial charge in [0.25, 0.3) is 0 Å². The van der Waals surface area contributed by atoms with E-state index in [1.54, 1.807) is 21.1 Å². The number of fused-ring (bicyclic) bond motifs is 1. The average molecular weight is 746 g/mol. The van der Waals surface area contributed by atoms with Gasteiger partial charge in [-0.1, -0.05) is 48.0 Å². The van der Waals surface area contributed by atoms with Crippen molar-refractivity contribution in [3.63, 3.8) is 0 Å². The number of rotatable bonds is 9. The quantitative estimate of drug-likeness (QED) is 0.213. The summed E-state index contributed by atoms with van der Waals surface area (Å²) in [6, 6.07) is 18.3. The van der Waals surface area contributed by atoms with Crippen LogP contribution in [0.15, 0.2) is 64.1 Å². The zero-order valence-electron chi connectivity index (χ0n) is 27.8. The summed E-state index contributed by atoms with van der Waals surface area (Å²) >= 11 is 10.9. The number of aliphatic imine (C=N–C) groups is 1. The molecule has 2 aromatic heterocycles. The zero-order valence-corrected chi connectivity index (χ0v) is 30.1. The lowest BCUT2D eigenvalue weighted by Crippen LogP contribution is -2.47. The van der Waals surface area contributed by atoms with Gasteiger partial charge in [0.2, 0.25) is 23.5 Å². The number of amides is 1. The lowest BCUT2D eigenvalue weighted by Gasteiger charge is -2.34. The third-order valence-corrected chi connectivity index (χ3v) is 10.4. The maximum absolute atomic E-state index is 11.7. The monoisotopic (exact) mass is 744 g/mol. The molecular formula is C37H38BrClN6O4. The van der Waals surface area contributed by atoms with Crippen LogP contribution in [0.4, 0.5) is 0 Å². The van der Waals surface area contributed by atoms with Crippen molar-refractivity contribution < 1.29 is 19.0 Å². The Bertz CT molecular complexity index is 1930. The Balaban J connectivity index is 1.12. The number of amidine groups is 1. The summed E-state index contributed by atoms with van der Waals surface area (Å²) < 4.78 is 18.7. The molecule has 12 heteroatoms. The first-order chi connectivity index (χ1) is 23.8. The van der Waals surface area contributed by atoms with Gasteiger partial charge in [0.05, 0.1) is 41.5 Å². The number of nitrogens with one attached hydrogen (secondary N) is 1. The predicted octanol–water partition coefficient (Wildman–Crippen LogP) is 6.32. The maximum Gasteiger partial charge on any atom is 0.231 e. The fraction of sp³-hybridized carbons (Fsp3) is 0.351. The number of methoxy groups -OCH3 is 2. The number of piperazine rings is 1. The van der Waals surface area contributed by atoms with Crippen molar-refractivity contribution >= 4 is 39.3 Å². The maximum atomic E-state index is 11.7. The molecule has 7 rings (SSSR count). The van der Waals surface area contributed by atoms with E-state index in [9.17, 15) is 4.79 Å². The van der Waals surface area contributed by atoms with Gasteiger partial charge in [0, 0.05) is 62.9 Å². The second kappa shape index (κ2) is 14.3. The van der Waals surface area contributed by atoms with Gasteiger partial charge >= 0.3 is 0 Å². The molecule has 4 aromatic rings. The fourth-order valence-electron chi connectivity index (χ4n) is 6.90. The number of hydrogen-bond donors (Lipinski definition) is 1. The molecule has 10 nitrogen and oxygen atoms in total. The second-order valence-electron chi connectivity index (χ2n) is 12.3. The fourth-order valence-corrected chi connectivity index (χ4v) is 7.68. The first-order valence-electron chi connectivity index (χ1n) is 16.5. The lowest BCUT2D eigenvalue weighted by molar-refractivity contribution is -0.130. The van der Waals surface area contributed by atoms with Crippen LogP contribution in [0.3, 0.4) is 0 Å². The second-order valence-corrected chi connectivity index (χ2v) is 13.6. The van der Waals surface area contributed by atoms with Crippen molar-refractivity contribution in [1.82, 2.24) is 25.1 Å². The van der Waals surface area contributed by atoms with Crippen LogP contribution in [0.5, 0.6) is 17.6 Å². The highest BCUT2D eigenvalue weighted by Gasteiger charge is 2.29. The Labute approximate surface area is 299 Å². The number of pyridine rings is 2. The van der Waals surface area contributed by atoms with Gasteiger partial charge in [0.1, 0.15) is 11.9 Å². The number of halogens is 2. The summed E-state index contributed by atoms with van der Waals surface area (Å²) in [7, 11) is 3.25. The first kappa shape index (κ1) is 33.3. The Morgan fingerprint density at radius 3 is 2.43 bits per heavy atom. The molecule has 1 saturated heterocycles. The van der Waals surface area contributed by atoms with Crippen molar-refractivity contribution in [2.75, 3.05) is 53.5 Å². The molecule has 0 radical (unpaired) electrons. The topological polar surface area (TPSA) is 101 Å². The highest BCUT2D eigenvalue weighted by molar-refractivity contribution is 9.10. The molecule has 1 fully saturated rings. The van der Waals surface area contributed by atoms with Gasteiger partial charge in [-0.3, -0.25) is 14.7 Å². The number of carbonyl (C=O) groups is 1.